The SMILES string of the molecule is Cc1cc(C2CCN(c3ccnc4nc[nH]c34)CC2)on1. The molecule has 0 saturated carbocycles. The van der Waals surface area contributed by atoms with Crippen molar-refractivity contribution in [2.75, 3.05) is 18.0 Å². The fourth-order valence-electron chi connectivity index (χ4n) is 3.08. The maximum atomic E-state index is 5.41. The molecule has 1 saturated heterocycles. The number of aryl methyl sites for hydroxylation is 1. The molecule has 0 bridgehead atoms. The highest BCUT2D eigenvalue weighted by Gasteiger charge is 2.24. The van der Waals surface area contributed by atoms with Gasteiger partial charge in [-0.25, -0.2) is 9.97 Å². The van der Waals surface area contributed by atoms with E-state index in [1.54, 1.807) is 6.33 Å². The number of nitrogens with one attached hydrogen (secondary N) is 1. The number of aromatic nitrogens is 4. The van der Waals surface area contributed by atoms with E-state index in [-0.39, 0.29) is 0 Å². The van der Waals surface area contributed by atoms with Crippen LogP contribution in [0, 0.1) is 6.92 Å². The molecule has 3 aromatic heterocycles. The molecule has 0 amide bonds. The van der Waals surface area contributed by atoms with Gasteiger partial charge in [0.05, 0.1) is 17.7 Å². The highest BCUT2D eigenvalue weighted by atomic mass is 16.5. The van der Waals surface area contributed by atoms with Crippen LogP contribution >= 0.6 is 0 Å². The number of fused-ring (bicyclic) bond motifs is 1. The molecule has 21 heavy (non-hydrogen) atoms. The van der Waals surface area contributed by atoms with Crippen molar-refractivity contribution in [3.63, 3.8) is 0 Å². The molecule has 4 rings (SSSR count). The molecule has 1 aliphatic rings. The van der Waals surface area contributed by atoms with E-state index >= 15 is 0 Å². The normalized spacial score (nSPS) is 16.7. The maximum absolute atomic E-state index is 5.41. The van der Waals surface area contributed by atoms with Crippen LogP contribution in [0.5, 0.6) is 0 Å². The molecule has 0 radical (unpaired) electrons. The van der Waals surface area contributed by atoms with Crippen LogP contribution in [0.25, 0.3) is 11.2 Å². The van der Waals surface area contributed by atoms with E-state index in [1.165, 1.54) is 5.69 Å². The molecular formula is C15H17N5O. The largest absolute Gasteiger partial charge is 0.370 e. The third-order valence-corrected chi connectivity index (χ3v) is 4.19. The van der Waals surface area contributed by atoms with Gasteiger partial charge < -0.3 is 14.4 Å². The Morgan fingerprint density at radius 1 is 1.29 bits per heavy atom. The lowest BCUT2D eigenvalue weighted by molar-refractivity contribution is 0.334. The number of imidazole rings is 1. The number of hydrogen-bond donors (Lipinski definition) is 1. The van der Waals surface area contributed by atoms with Crippen LogP contribution in [0.4, 0.5) is 5.69 Å². The highest BCUT2D eigenvalue weighted by molar-refractivity contribution is 5.85. The van der Waals surface area contributed by atoms with Crippen LogP contribution < -0.4 is 4.90 Å². The quantitative estimate of drug-likeness (QED) is 0.783. The predicted molar refractivity (Wildman–Crippen MR) is 79.3 cm³/mol. The molecule has 0 unspecified atom stereocenters. The van der Waals surface area contributed by atoms with Crippen LogP contribution in [-0.2, 0) is 0 Å². The van der Waals surface area contributed by atoms with Gasteiger partial charge in [0, 0.05) is 31.3 Å². The zero-order valence-corrected chi connectivity index (χ0v) is 11.9. The zero-order chi connectivity index (χ0) is 14.2. The number of piperidine rings is 1. The van der Waals surface area contributed by atoms with Crippen molar-refractivity contribution < 1.29 is 4.52 Å². The summed E-state index contributed by atoms with van der Waals surface area (Å²) in [7, 11) is 0. The van der Waals surface area contributed by atoms with Gasteiger partial charge in [-0.05, 0) is 25.8 Å². The molecule has 3 aromatic rings. The minimum absolute atomic E-state index is 0.474. The Labute approximate surface area is 122 Å². The first kappa shape index (κ1) is 12.4. The smallest absolute Gasteiger partial charge is 0.179 e. The van der Waals surface area contributed by atoms with E-state index in [4.69, 9.17) is 4.52 Å². The summed E-state index contributed by atoms with van der Waals surface area (Å²) in [6.45, 7) is 3.97. The van der Waals surface area contributed by atoms with E-state index < -0.39 is 0 Å². The van der Waals surface area contributed by atoms with Crippen molar-refractivity contribution in [3.05, 3.63) is 36.1 Å². The summed E-state index contributed by atoms with van der Waals surface area (Å²) in [5, 5.41) is 3.99. The first-order valence-corrected chi connectivity index (χ1v) is 7.27. The Morgan fingerprint density at radius 2 is 2.14 bits per heavy atom. The van der Waals surface area contributed by atoms with Crippen LogP contribution in [0.1, 0.15) is 30.2 Å². The Kier molecular flexibility index (Phi) is 2.87. The van der Waals surface area contributed by atoms with Gasteiger partial charge in [-0.3, -0.25) is 0 Å². The maximum Gasteiger partial charge on any atom is 0.179 e. The van der Waals surface area contributed by atoms with Gasteiger partial charge in [0.2, 0.25) is 0 Å². The lowest BCUT2D eigenvalue weighted by atomic mass is 9.94. The lowest BCUT2D eigenvalue weighted by Gasteiger charge is -2.32. The molecule has 0 aliphatic carbocycles. The summed E-state index contributed by atoms with van der Waals surface area (Å²) in [5.74, 6) is 1.50. The second kappa shape index (κ2) is 4.87. The number of pyridine rings is 1. The lowest BCUT2D eigenvalue weighted by Crippen LogP contribution is -2.33. The predicted octanol–water partition coefficient (Wildman–Crippen LogP) is 2.64. The summed E-state index contributed by atoms with van der Waals surface area (Å²) >= 11 is 0. The van der Waals surface area contributed by atoms with Gasteiger partial charge in [0.1, 0.15) is 11.3 Å². The second-order valence-corrected chi connectivity index (χ2v) is 5.56. The average Bonchev–Trinajstić information content (AvgIpc) is 3.15. The monoisotopic (exact) mass is 283 g/mol. The molecule has 0 atom stereocenters. The average molecular weight is 283 g/mol. The van der Waals surface area contributed by atoms with Crippen LogP contribution in [0.15, 0.2) is 29.2 Å². The summed E-state index contributed by atoms with van der Waals surface area (Å²) in [4.78, 5) is 14.1. The Bertz CT molecular complexity index is 754. The van der Waals surface area contributed by atoms with E-state index in [2.05, 4.69) is 37.1 Å². The topological polar surface area (TPSA) is 70.8 Å². The van der Waals surface area contributed by atoms with Crippen LogP contribution in [0.3, 0.4) is 0 Å². The second-order valence-electron chi connectivity index (χ2n) is 5.56. The number of aromatic amines is 1. The molecule has 6 heteroatoms. The Balaban J connectivity index is 1.53. The fraction of sp³-hybridized carbons (Fsp3) is 0.400. The number of nitrogens with zero attached hydrogens (tertiary/aromatic N) is 4. The molecule has 1 N–H and O–H groups in total. The van der Waals surface area contributed by atoms with Crippen molar-refractivity contribution in [1.82, 2.24) is 20.1 Å². The third kappa shape index (κ3) is 2.16. The number of anilines is 1. The standard InChI is InChI=1S/C15H17N5O/c1-10-8-13(21-19-10)11-3-6-20(7-4-11)12-2-5-16-15-14(12)17-9-18-15/h2,5,8-9,11H,3-4,6-7H2,1H3,(H,16,17,18). The first-order chi connectivity index (χ1) is 10.3. The van der Waals surface area contributed by atoms with Gasteiger partial charge >= 0.3 is 0 Å². The Hall–Kier alpha value is -2.37. The number of rotatable bonds is 2. The Morgan fingerprint density at radius 3 is 2.90 bits per heavy atom. The van der Waals surface area contributed by atoms with Gasteiger partial charge in [-0.2, -0.15) is 0 Å². The van der Waals surface area contributed by atoms with Crippen molar-refractivity contribution in [2.45, 2.75) is 25.7 Å². The van der Waals surface area contributed by atoms with E-state index in [1.807, 2.05) is 13.1 Å². The molecule has 0 aromatic carbocycles. The van der Waals surface area contributed by atoms with Gasteiger partial charge in [0.25, 0.3) is 0 Å². The third-order valence-electron chi connectivity index (χ3n) is 4.19. The number of hydrogen-bond acceptors (Lipinski definition) is 5. The fourth-order valence-corrected chi connectivity index (χ4v) is 3.08. The first-order valence-electron chi connectivity index (χ1n) is 7.27. The highest BCUT2D eigenvalue weighted by Crippen LogP contribution is 2.32. The van der Waals surface area contributed by atoms with E-state index in [9.17, 15) is 0 Å². The minimum atomic E-state index is 0.474. The summed E-state index contributed by atoms with van der Waals surface area (Å²) in [6, 6.07) is 4.11. The molecule has 1 fully saturated rings. The van der Waals surface area contributed by atoms with Crippen molar-refractivity contribution >= 4 is 16.9 Å². The summed E-state index contributed by atoms with van der Waals surface area (Å²) in [5.41, 5.74) is 3.94. The van der Waals surface area contributed by atoms with E-state index in [0.29, 0.717) is 5.92 Å². The van der Waals surface area contributed by atoms with Crippen molar-refractivity contribution in [1.29, 1.82) is 0 Å². The number of H-pyrrole nitrogens is 1. The summed E-state index contributed by atoms with van der Waals surface area (Å²) < 4.78 is 5.41. The summed E-state index contributed by atoms with van der Waals surface area (Å²) in [6.07, 6.45) is 5.68. The molecule has 108 valence electrons. The molecule has 4 heterocycles. The van der Waals surface area contributed by atoms with Crippen molar-refractivity contribution in [2.24, 2.45) is 0 Å². The van der Waals surface area contributed by atoms with Gasteiger partial charge in [0.15, 0.2) is 5.65 Å². The zero-order valence-electron chi connectivity index (χ0n) is 11.9. The molecule has 1 aliphatic heterocycles. The molecule has 0 spiro atoms. The van der Waals surface area contributed by atoms with Crippen LogP contribution in [-0.4, -0.2) is 33.2 Å². The molecule has 6 nitrogen and oxygen atoms in total. The van der Waals surface area contributed by atoms with E-state index in [0.717, 1.165) is 48.5 Å². The minimum Gasteiger partial charge on any atom is -0.370 e. The van der Waals surface area contributed by atoms with Crippen LogP contribution in [0.2, 0.25) is 0 Å². The van der Waals surface area contributed by atoms with Gasteiger partial charge in [-0.15, -0.1) is 0 Å². The van der Waals surface area contributed by atoms with Crippen molar-refractivity contribution in [3.8, 4) is 0 Å². The van der Waals surface area contributed by atoms with Gasteiger partial charge in [-0.1, -0.05) is 5.16 Å². The molecular weight excluding hydrogens is 266 g/mol.